The molecule has 1 atom stereocenters. The molecule has 1 aromatic heterocycles. The summed E-state index contributed by atoms with van der Waals surface area (Å²) in [5.41, 5.74) is 4.04. The van der Waals surface area contributed by atoms with E-state index in [0.29, 0.717) is 18.3 Å². The Morgan fingerprint density at radius 2 is 1.74 bits per heavy atom. The fourth-order valence-electron chi connectivity index (χ4n) is 2.91. The summed E-state index contributed by atoms with van der Waals surface area (Å²) in [7, 11) is 3.82. The zero-order valence-electron chi connectivity index (χ0n) is 16.1. The van der Waals surface area contributed by atoms with E-state index in [-0.39, 0.29) is 11.9 Å². The Labute approximate surface area is 159 Å². The van der Waals surface area contributed by atoms with Crippen LogP contribution in [0.4, 0.5) is 0 Å². The molecule has 6 nitrogen and oxygen atoms in total. The molecular formula is C21H24N4O2. The second kappa shape index (κ2) is 8.14. The molecule has 0 bridgehead atoms. The Kier molecular flexibility index (Phi) is 5.66. The van der Waals surface area contributed by atoms with Crippen molar-refractivity contribution in [1.82, 2.24) is 20.4 Å². The fraction of sp³-hybridized carbons (Fsp3) is 0.286. The highest BCUT2D eigenvalue weighted by molar-refractivity contribution is 5.83. The molecule has 0 spiro atoms. The second-order valence-corrected chi connectivity index (χ2v) is 6.83. The van der Waals surface area contributed by atoms with Gasteiger partial charge in [-0.2, -0.15) is 4.98 Å². The van der Waals surface area contributed by atoms with E-state index in [2.05, 4.69) is 15.5 Å². The van der Waals surface area contributed by atoms with E-state index < -0.39 is 0 Å². The summed E-state index contributed by atoms with van der Waals surface area (Å²) in [5, 5.41) is 6.94. The van der Waals surface area contributed by atoms with Gasteiger partial charge in [-0.15, -0.1) is 0 Å². The van der Waals surface area contributed by atoms with Crippen molar-refractivity contribution in [3.63, 3.8) is 0 Å². The molecule has 0 saturated carbocycles. The standard InChI is InChI=1S/C21H24N4O2/c1-14-5-9-17(10-6-14)19(25(3)4)21(26)22-13-16-7-11-18(12-8-16)20-23-15(2)27-24-20/h5-12,19H,13H2,1-4H3,(H,22,26)/t19-/m1/s1. The fourth-order valence-corrected chi connectivity index (χ4v) is 2.91. The van der Waals surface area contributed by atoms with Gasteiger partial charge in [0.1, 0.15) is 6.04 Å². The Morgan fingerprint density at radius 1 is 1.07 bits per heavy atom. The van der Waals surface area contributed by atoms with Crippen LogP contribution in [0, 0.1) is 13.8 Å². The Morgan fingerprint density at radius 3 is 2.30 bits per heavy atom. The average molecular weight is 364 g/mol. The minimum Gasteiger partial charge on any atom is -0.350 e. The Bertz CT molecular complexity index is 899. The van der Waals surface area contributed by atoms with Crippen LogP contribution in [0.15, 0.2) is 53.1 Å². The first-order valence-corrected chi connectivity index (χ1v) is 8.84. The van der Waals surface area contributed by atoms with Crippen LogP contribution < -0.4 is 5.32 Å². The van der Waals surface area contributed by atoms with Crippen LogP contribution in [0.3, 0.4) is 0 Å². The first-order chi connectivity index (χ1) is 12.9. The number of aryl methyl sites for hydroxylation is 2. The quantitative estimate of drug-likeness (QED) is 0.727. The van der Waals surface area contributed by atoms with E-state index in [1.54, 1.807) is 6.92 Å². The topological polar surface area (TPSA) is 71.3 Å². The molecule has 0 unspecified atom stereocenters. The molecule has 2 aromatic carbocycles. The maximum atomic E-state index is 12.7. The number of hydrogen-bond acceptors (Lipinski definition) is 5. The monoisotopic (exact) mass is 364 g/mol. The lowest BCUT2D eigenvalue weighted by Gasteiger charge is -2.24. The average Bonchev–Trinajstić information content (AvgIpc) is 3.08. The number of carbonyl (C=O) groups is 1. The highest BCUT2D eigenvalue weighted by Crippen LogP contribution is 2.20. The normalized spacial score (nSPS) is 12.2. The predicted octanol–water partition coefficient (Wildman–Crippen LogP) is 3.27. The summed E-state index contributed by atoms with van der Waals surface area (Å²) in [6.07, 6.45) is 0. The van der Waals surface area contributed by atoms with Gasteiger partial charge in [-0.05, 0) is 32.1 Å². The number of rotatable bonds is 6. The van der Waals surface area contributed by atoms with Gasteiger partial charge in [-0.3, -0.25) is 9.69 Å². The van der Waals surface area contributed by atoms with Gasteiger partial charge in [0.15, 0.2) is 0 Å². The van der Waals surface area contributed by atoms with Crippen molar-refractivity contribution in [2.45, 2.75) is 26.4 Å². The molecule has 0 aliphatic rings. The molecule has 6 heteroatoms. The number of benzene rings is 2. The zero-order chi connectivity index (χ0) is 19.4. The van der Waals surface area contributed by atoms with Gasteiger partial charge in [0.25, 0.3) is 0 Å². The molecule has 140 valence electrons. The molecular weight excluding hydrogens is 340 g/mol. The summed E-state index contributed by atoms with van der Waals surface area (Å²) in [6.45, 7) is 4.25. The summed E-state index contributed by atoms with van der Waals surface area (Å²) in [5.74, 6) is 1.07. The molecule has 0 fully saturated rings. The van der Waals surface area contributed by atoms with Crippen molar-refractivity contribution in [3.8, 4) is 11.4 Å². The minimum absolute atomic E-state index is 0.0262. The van der Waals surface area contributed by atoms with Crippen molar-refractivity contribution >= 4 is 5.91 Å². The summed E-state index contributed by atoms with van der Waals surface area (Å²) in [4.78, 5) is 18.9. The van der Waals surface area contributed by atoms with E-state index in [1.807, 2.05) is 74.4 Å². The van der Waals surface area contributed by atoms with Gasteiger partial charge in [0.05, 0.1) is 0 Å². The van der Waals surface area contributed by atoms with Crippen LogP contribution in [0.5, 0.6) is 0 Å². The molecule has 0 aliphatic heterocycles. The number of carbonyl (C=O) groups excluding carboxylic acids is 1. The molecule has 0 aliphatic carbocycles. The van der Waals surface area contributed by atoms with Crippen molar-refractivity contribution in [1.29, 1.82) is 0 Å². The molecule has 1 N–H and O–H groups in total. The van der Waals surface area contributed by atoms with E-state index in [9.17, 15) is 4.79 Å². The lowest BCUT2D eigenvalue weighted by atomic mass is 10.0. The lowest BCUT2D eigenvalue weighted by Crippen LogP contribution is -2.36. The molecule has 1 amide bonds. The van der Waals surface area contributed by atoms with E-state index >= 15 is 0 Å². The van der Waals surface area contributed by atoms with Crippen molar-refractivity contribution in [3.05, 3.63) is 71.1 Å². The number of hydrogen-bond donors (Lipinski definition) is 1. The number of nitrogens with zero attached hydrogens (tertiary/aromatic N) is 3. The summed E-state index contributed by atoms with van der Waals surface area (Å²) in [6, 6.07) is 15.5. The molecule has 1 heterocycles. The van der Waals surface area contributed by atoms with Crippen molar-refractivity contribution in [2.75, 3.05) is 14.1 Å². The van der Waals surface area contributed by atoms with Gasteiger partial charge >= 0.3 is 0 Å². The molecule has 0 saturated heterocycles. The van der Waals surface area contributed by atoms with Crippen LogP contribution in [-0.2, 0) is 11.3 Å². The van der Waals surface area contributed by atoms with Gasteiger partial charge in [-0.25, -0.2) is 0 Å². The summed E-state index contributed by atoms with van der Waals surface area (Å²) < 4.78 is 5.00. The third kappa shape index (κ3) is 4.60. The van der Waals surface area contributed by atoms with Crippen LogP contribution >= 0.6 is 0 Å². The third-order valence-electron chi connectivity index (χ3n) is 4.36. The van der Waals surface area contributed by atoms with E-state index in [0.717, 1.165) is 16.7 Å². The van der Waals surface area contributed by atoms with Crippen LogP contribution in [-0.4, -0.2) is 35.0 Å². The molecule has 0 radical (unpaired) electrons. The van der Waals surface area contributed by atoms with E-state index in [1.165, 1.54) is 5.56 Å². The highest BCUT2D eigenvalue weighted by Gasteiger charge is 2.22. The smallest absolute Gasteiger partial charge is 0.242 e. The lowest BCUT2D eigenvalue weighted by molar-refractivity contribution is -0.125. The number of aromatic nitrogens is 2. The molecule has 27 heavy (non-hydrogen) atoms. The van der Waals surface area contributed by atoms with E-state index in [4.69, 9.17) is 4.52 Å². The highest BCUT2D eigenvalue weighted by atomic mass is 16.5. The minimum atomic E-state index is -0.327. The number of amides is 1. The van der Waals surface area contributed by atoms with Gasteiger partial charge < -0.3 is 9.84 Å². The van der Waals surface area contributed by atoms with Gasteiger partial charge in [-0.1, -0.05) is 59.3 Å². The Hall–Kier alpha value is -2.99. The first kappa shape index (κ1) is 18.8. The van der Waals surface area contributed by atoms with Gasteiger partial charge in [0.2, 0.25) is 17.6 Å². The maximum Gasteiger partial charge on any atom is 0.242 e. The first-order valence-electron chi connectivity index (χ1n) is 8.84. The summed E-state index contributed by atoms with van der Waals surface area (Å²) >= 11 is 0. The van der Waals surface area contributed by atoms with Crippen LogP contribution in [0.2, 0.25) is 0 Å². The Balaban J connectivity index is 1.65. The van der Waals surface area contributed by atoms with Crippen molar-refractivity contribution in [2.24, 2.45) is 0 Å². The van der Waals surface area contributed by atoms with Crippen LogP contribution in [0.25, 0.3) is 11.4 Å². The number of likely N-dealkylation sites (N-methyl/N-ethyl adjacent to an activating group) is 1. The third-order valence-corrected chi connectivity index (χ3v) is 4.36. The molecule has 3 rings (SSSR count). The maximum absolute atomic E-state index is 12.7. The largest absolute Gasteiger partial charge is 0.350 e. The SMILES string of the molecule is Cc1ccc([C@H](C(=O)NCc2ccc(-c3noc(C)n3)cc2)N(C)C)cc1. The second-order valence-electron chi connectivity index (χ2n) is 6.83. The van der Waals surface area contributed by atoms with Gasteiger partial charge in [0, 0.05) is 19.0 Å². The zero-order valence-corrected chi connectivity index (χ0v) is 16.1. The van der Waals surface area contributed by atoms with Crippen molar-refractivity contribution < 1.29 is 9.32 Å². The van der Waals surface area contributed by atoms with Crippen LogP contribution in [0.1, 0.15) is 28.6 Å². The molecule has 3 aromatic rings. The number of nitrogens with one attached hydrogen (secondary N) is 1. The predicted molar refractivity (Wildman–Crippen MR) is 104 cm³/mol.